The molecule has 4 rings (SSSR count). The van der Waals surface area contributed by atoms with Crippen molar-refractivity contribution in [1.29, 1.82) is 0 Å². The summed E-state index contributed by atoms with van der Waals surface area (Å²) in [7, 11) is 3.07. The minimum absolute atomic E-state index is 0.0141. The molecular weight excluding hydrogens is 618 g/mol. The molecule has 13 heteroatoms. The fraction of sp³-hybridized carbons (Fsp3) is 0.400. The number of hydrogen-bond donors (Lipinski definition) is 2. The minimum atomic E-state index is -1.69. The third kappa shape index (κ3) is 8.96. The van der Waals surface area contributed by atoms with E-state index < -0.39 is 29.1 Å². The van der Waals surface area contributed by atoms with E-state index in [-0.39, 0.29) is 37.6 Å². The molecule has 1 aliphatic rings. The highest BCUT2D eigenvalue weighted by Gasteiger charge is 2.54. The number of carbonyl (C=O) groups excluding carboxylic acids is 2. The Morgan fingerprint density at radius 1 is 1.04 bits per heavy atom. The van der Waals surface area contributed by atoms with Gasteiger partial charge in [0.25, 0.3) is 5.91 Å². The maximum atomic E-state index is 14.5. The van der Waals surface area contributed by atoms with Gasteiger partial charge < -0.3 is 34.1 Å². The number of nitrogens with one attached hydrogen (secondary N) is 1. The highest BCUT2D eigenvalue weighted by molar-refractivity contribution is 6.01. The molecule has 0 aliphatic carbocycles. The van der Waals surface area contributed by atoms with Crippen molar-refractivity contribution in [3.63, 3.8) is 0 Å². The van der Waals surface area contributed by atoms with Crippen LogP contribution in [0.2, 0.25) is 0 Å². The van der Waals surface area contributed by atoms with Crippen molar-refractivity contribution >= 4 is 23.5 Å². The average Bonchev–Trinajstić information content (AvgIpc) is 3.47. The van der Waals surface area contributed by atoms with E-state index in [0.29, 0.717) is 47.0 Å². The van der Waals surface area contributed by atoms with Gasteiger partial charge in [0.05, 0.1) is 20.8 Å². The smallest absolute Gasteiger partial charge is 0.306 e. The Balaban J connectivity index is 1.79. The van der Waals surface area contributed by atoms with Crippen molar-refractivity contribution in [2.45, 2.75) is 63.8 Å². The summed E-state index contributed by atoms with van der Waals surface area (Å²) in [5.74, 6) is 0.800. The summed E-state index contributed by atoms with van der Waals surface area (Å²) in [5, 5.41) is 15.9. The topological polar surface area (TPSA) is 174 Å². The fourth-order valence-corrected chi connectivity index (χ4v) is 5.18. The van der Waals surface area contributed by atoms with E-state index in [1.54, 1.807) is 87.5 Å². The number of rotatable bonds is 15. The van der Waals surface area contributed by atoms with Gasteiger partial charge in [0.2, 0.25) is 5.90 Å². The molecule has 0 fully saturated rings. The molecule has 0 bridgehead atoms. The summed E-state index contributed by atoms with van der Waals surface area (Å²) in [6.07, 6.45) is -0.842. The first kappa shape index (κ1) is 35.6. The van der Waals surface area contributed by atoms with Crippen LogP contribution in [0.4, 0.5) is 5.69 Å². The molecule has 13 nitrogen and oxygen atoms in total. The van der Waals surface area contributed by atoms with E-state index in [4.69, 9.17) is 33.8 Å². The Bertz CT molecular complexity index is 1640. The van der Waals surface area contributed by atoms with Gasteiger partial charge in [0.15, 0.2) is 11.6 Å². The number of esters is 1. The zero-order valence-corrected chi connectivity index (χ0v) is 27.8. The lowest BCUT2D eigenvalue weighted by Gasteiger charge is -2.31. The number of hydrogen-bond acceptors (Lipinski definition) is 10. The van der Waals surface area contributed by atoms with Crippen molar-refractivity contribution in [3.8, 4) is 17.2 Å². The Morgan fingerprint density at radius 2 is 1.73 bits per heavy atom. The maximum Gasteiger partial charge on any atom is 0.306 e. The number of aliphatic hydroxyl groups excluding tert-OH is 1. The summed E-state index contributed by atoms with van der Waals surface area (Å²) in [4.78, 5) is 35.5. The molecule has 0 saturated heterocycles. The van der Waals surface area contributed by atoms with E-state index in [0.717, 1.165) is 0 Å². The van der Waals surface area contributed by atoms with Crippen molar-refractivity contribution in [1.82, 2.24) is 5.32 Å². The molecule has 1 heterocycles. The number of benzene rings is 3. The second kappa shape index (κ2) is 16.0. The molecule has 2 N–H and O–H groups in total. The van der Waals surface area contributed by atoms with Crippen LogP contribution in [0.3, 0.4) is 0 Å². The number of aliphatic hydroxyl groups is 1. The van der Waals surface area contributed by atoms with Crippen molar-refractivity contribution in [2.75, 3.05) is 27.4 Å². The molecule has 0 unspecified atom stereocenters. The van der Waals surface area contributed by atoms with E-state index in [9.17, 15) is 15.1 Å². The Kier molecular flexibility index (Phi) is 11.9. The lowest BCUT2D eigenvalue weighted by Crippen LogP contribution is -2.48. The minimum Gasteiger partial charge on any atom is -0.497 e. The highest BCUT2D eigenvalue weighted by Crippen LogP contribution is 2.46. The molecule has 3 aromatic carbocycles. The zero-order valence-electron chi connectivity index (χ0n) is 27.8. The fourth-order valence-electron chi connectivity index (χ4n) is 5.18. The van der Waals surface area contributed by atoms with Crippen molar-refractivity contribution in [3.05, 3.63) is 93.9 Å². The lowest BCUT2D eigenvalue weighted by molar-refractivity contribution is -0.155. The molecule has 0 aromatic heterocycles. The second-order valence-corrected chi connectivity index (χ2v) is 12.0. The third-order valence-electron chi connectivity index (χ3n) is 7.40. The third-order valence-corrected chi connectivity index (χ3v) is 7.40. The van der Waals surface area contributed by atoms with Gasteiger partial charge in [-0.2, -0.15) is 0 Å². The number of aliphatic imine (C=N–C) groups is 1. The van der Waals surface area contributed by atoms with Crippen LogP contribution in [-0.2, 0) is 25.6 Å². The Labute approximate surface area is 279 Å². The van der Waals surface area contributed by atoms with Crippen LogP contribution in [0.15, 0.2) is 76.8 Å². The standard InChI is InChI=1S/C35H41N5O8/c1-34(2,3)48-30(42)15-16-35(33(43)37-22-23-19-26(44-4)21-27(20-23)45-5)31(28-9-6-7-10-29(28)39-40-36)47-32(38-35)24-11-13-25(14-12-24)46-18-8-17-41/h6-7,9-14,19-21,31,41H,8,15-18,22H2,1-5H3,(H,37,43)/t31-,35-/m1/s1. The van der Waals surface area contributed by atoms with E-state index >= 15 is 0 Å². The number of methoxy groups -OCH3 is 2. The first-order valence-corrected chi connectivity index (χ1v) is 15.5. The van der Waals surface area contributed by atoms with Crippen LogP contribution >= 0.6 is 0 Å². The van der Waals surface area contributed by atoms with Gasteiger partial charge in [-0.3, -0.25) is 9.59 Å². The maximum absolute atomic E-state index is 14.5. The van der Waals surface area contributed by atoms with Crippen molar-refractivity contribution < 1.29 is 38.4 Å². The van der Waals surface area contributed by atoms with E-state index in [1.807, 2.05) is 0 Å². The van der Waals surface area contributed by atoms with Crippen LogP contribution in [-0.4, -0.2) is 61.5 Å². The number of amides is 1. The van der Waals surface area contributed by atoms with Crippen LogP contribution in [0.25, 0.3) is 10.4 Å². The first-order chi connectivity index (χ1) is 23.0. The molecule has 3 aromatic rings. The molecule has 0 spiro atoms. The number of ether oxygens (including phenoxy) is 5. The molecule has 2 atom stereocenters. The van der Waals surface area contributed by atoms with Crippen LogP contribution in [0.1, 0.15) is 62.8 Å². The van der Waals surface area contributed by atoms with Crippen LogP contribution < -0.4 is 19.5 Å². The van der Waals surface area contributed by atoms with E-state index in [1.165, 1.54) is 14.2 Å². The van der Waals surface area contributed by atoms with Gasteiger partial charge >= 0.3 is 5.97 Å². The van der Waals surface area contributed by atoms with Gasteiger partial charge in [0, 0.05) is 53.8 Å². The number of nitrogens with zero attached hydrogens (tertiary/aromatic N) is 4. The number of azide groups is 1. The molecule has 1 aliphatic heterocycles. The number of carbonyl (C=O) groups is 2. The summed E-state index contributed by atoms with van der Waals surface area (Å²) in [6.45, 7) is 5.73. The molecule has 0 saturated carbocycles. The van der Waals surface area contributed by atoms with E-state index in [2.05, 4.69) is 15.3 Å². The SMILES string of the molecule is COc1cc(CNC(=O)[C@]2(CCC(=O)OC(C)(C)C)N=C(c3ccc(OCCCO)cc3)O[C@@H]2c2ccccc2N=[N+]=[N-])cc(OC)c1. The average molecular weight is 660 g/mol. The van der Waals surface area contributed by atoms with Gasteiger partial charge in [-0.05, 0) is 74.7 Å². The van der Waals surface area contributed by atoms with Crippen LogP contribution in [0.5, 0.6) is 17.2 Å². The first-order valence-electron chi connectivity index (χ1n) is 15.5. The molecule has 1 amide bonds. The predicted molar refractivity (Wildman–Crippen MR) is 178 cm³/mol. The predicted octanol–water partition coefficient (Wildman–Crippen LogP) is 6.10. The Morgan fingerprint density at radius 3 is 2.35 bits per heavy atom. The largest absolute Gasteiger partial charge is 0.497 e. The molecule has 48 heavy (non-hydrogen) atoms. The lowest BCUT2D eigenvalue weighted by atomic mass is 9.82. The summed E-state index contributed by atoms with van der Waals surface area (Å²) >= 11 is 0. The van der Waals surface area contributed by atoms with Crippen LogP contribution in [0, 0.1) is 0 Å². The van der Waals surface area contributed by atoms with Crippen molar-refractivity contribution in [2.24, 2.45) is 10.1 Å². The quantitative estimate of drug-likeness (QED) is 0.0647. The van der Waals surface area contributed by atoms with Gasteiger partial charge in [-0.1, -0.05) is 29.4 Å². The van der Waals surface area contributed by atoms with Gasteiger partial charge in [-0.25, -0.2) is 4.99 Å². The second-order valence-electron chi connectivity index (χ2n) is 12.0. The molecule has 0 radical (unpaired) electrons. The normalized spacial score (nSPS) is 17.0. The zero-order chi connectivity index (χ0) is 34.7. The summed E-state index contributed by atoms with van der Waals surface area (Å²) < 4.78 is 28.5. The summed E-state index contributed by atoms with van der Waals surface area (Å²) in [6, 6.07) is 19.0. The van der Waals surface area contributed by atoms with Gasteiger partial charge in [-0.15, -0.1) is 0 Å². The molecular formula is C35H41N5O8. The Hall–Kier alpha value is -5.26. The van der Waals surface area contributed by atoms with Gasteiger partial charge in [0.1, 0.15) is 22.8 Å². The monoisotopic (exact) mass is 659 g/mol. The summed E-state index contributed by atoms with van der Waals surface area (Å²) in [5.41, 5.74) is 8.84. The highest BCUT2D eigenvalue weighted by atomic mass is 16.6. The molecule has 254 valence electrons.